The quantitative estimate of drug-likeness (QED) is 0.292. The van der Waals surface area contributed by atoms with Crippen molar-refractivity contribution < 1.29 is 4.57 Å². The standard InChI is InChI=1S/C31H37BrN/c32-26-17-19-27(20-18-26)33-30-24(13-7-15-28(30)22-9-3-1-4-10-22)21-25-14-8-16-29(31(25)33)23-11-5-2-6-12-23/h9,11,17-21,28-29H,1-8,10,12-16H2/q+1. The Morgan fingerprint density at radius 1 is 0.636 bits per heavy atom. The van der Waals surface area contributed by atoms with E-state index in [1.165, 1.54) is 100 Å². The van der Waals surface area contributed by atoms with Crippen LogP contribution >= 0.6 is 15.9 Å². The Hall–Kier alpha value is -1.67. The second-order valence-corrected chi connectivity index (χ2v) is 11.6. The second-order valence-electron chi connectivity index (χ2n) is 10.7. The number of aryl methyl sites for hydroxylation is 2. The zero-order valence-electron chi connectivity index (χ0n) is 19.9. The van der Waals surface area contributed by atoms with Crippen LogP contribution in [0.3, 0.4) is 0 Å². The van der Waals surface area contributed by atoms with Crippen LogP contribution in [0, 0.1) is 0 Å². The van der Waals surface area contributed by atoms with Crippen molar-refractivity contribution >= 4 is 15.9 Å². The molecule has 0 fully saturated rings. The van der Waals surface area contributed by atoms with E-state index < -0.39 is 0 Å². The zero-order valence-corrected chi connectivity index (χ0v) is 21.5. The predicted molar refractivity (Wildman–Crippen MR) is 140 cm³/mol. The molecule has 0 bridgehead atoms. The topological polar surface area (TPSA) is 3.88 Å². The SMILES string of the molecule is Brc1ccc(-[n+]2c3c(cc4c2C(C2=CCCCC2)CCC4)CCCC3C2=CCCCC2)cc1. The number of fused-ring (bicyclic) bond motifs is 2. The molecule has 0 amide bonds. The average molecular weight is 504 g/mol. The number of aromatic nitrogens is 1. The molecule has 6 rings (SSSR count). The van der Waals surface area contributed by atoms with Crippen LogP contribution in [0.2, 0.25) is 0 Å². The number of rotatable bonds is 3. The van der Waals surface area contributed by atoms with Crippen LogP contribution in [0.15, 0.2) is 58.1 Å². The fraction of sp³-hybridized carbons (Fsp3) is 0.516. The Morgan fingerprint density at radius 2 is 1.18 bits per heavy atom. The first-order chi connectivity index (χ1) is 16.3. The molecule has 0 spiro atoms. The molecular weight excluding hydrogens is 466 g/mol. The maximum atomic E-state index is 3.69. The van der Waals surface area contributed by atoms with E-state index in [4.69, 9.17) is 0 Å². The lowest BCUT2D eigenvalue weighted by Gasteiger charge is -2.32. The summed E-state index contributed by atoms with van der Waals surface area (Å²) in [6.45, 7) is 0. The number of nitrogens with zero attached hydrogens (tertiary/aromatic N) is 1. The summed E-state index contributed by atoms with van der Waals surface area (Å²) >= 11 is 3.69. The van der Waals surface area contributed by atoms with E-state index in [2.05, 4.69) is 63.0 Å². The van der Waals surface area contributed by atoms with Crippen molar-refractivity contribution in [3.63, 3.8) is 0 Å². The van der Waals surface area contributed by atoms with Gasteiger partial charge in [-0.05, 0) is 108 Å². The minimum absolute atomic E-state index is 0.603. The van der Waals surface area contributed by atoms with Crippen LogP contribution in [-0.4, -0.2) is 0 Å². The van der Waals surface area contributed by atoms with Gasteiger partial charge in [0.15, 0.2) is 11.4 Å². The van der Waals surface area contributed by atoms with Crippen LogP contribution < -0.4 is 4.57 Å². The lowest BCUT2D eigenvalue weighted by atomic mass is 9.74. The van der Waals surface area contributed by atoms with Crippen molar-refractivity contribution in [2.24, 2.45) is 0 Å². The number of benzene rings is 1. The summed E-state index contributed by atoms with van der Waals surface area (Å²) in [7, 11) is 0. The Kier molecular flexibility index (Phi) is 6.30. The molecule has 2 aromatic rings. The summed E-state index contributed by atoms with van der Waals surface area (Å²) in [6, 6.07) is 11.8. The molecule has 1 aromatic carbocycles. The van der Waals surface area contributed by atoms with E-state index >= 15 is 0 Å². The average Bonchev–Trinajstić information content (AvgIpc) is 2.88. The highest BCUT2D eigenvalue weighted by atomic mass is 79.9. The van der Waals surface area contributed by atoms with Gasteiger partial charge < -0.3 is 0 Å². The molecule has 2 atom stereocenters. The molecule has 0 aliphatic heterocycles. The summed E-state index contributed by atoms with van der Waals surface area (Å²) in [4.78, 5) is 0. The van der Waals surface area contributed by atoms with Gasteiger partial charge in [0.1, 0.15) is 0 Å². The third-order valence-corrected chi connectivity index (χ3v) is 9.19. The fourth-order valence-corrected chi connectivity index (χ4v) is 7.42. The monoisotopic (exact) mass is 502 g/mol. The Labute approximate surface area is 208 Å². The molecule has 1 nitrogen and oxygen atoms in total. The van der Waals surface area contributed by atoms with Crippen LogP contribution in [0.1, 0.15) is 111 Å². The number of halogens is 1. The van der Waals surface area contributed by atoms with Crippen molar-refractivity contribution in [3.05, 3.63) is 80.6 Å². The maximum absolute atomic E-state index is 3.69. The van der Waals surface area contributed by atoms with Gasteiger partial charge in [0.25, 0.3) is 0 Å². The largest absolute Gasteiger partial charge is 0.211 e. The van der Waals surface area contributed by atoms with Gasteiger partial charge in [-0.15, -0.1) is 0 Å². The van der Waals surface area contributed by atoms with E-state index in [0.717, 1.165) is 0 Å². The first-order valence-electron chi connectivity index (χ1n) is 13.5. The molecule has 0 saturated carbocycles. The molecule has 4 aliphatic carbocycles. The summed E-state index contributed by atoms with van der Waals surface area (Å²) in [5.74, 6) is 1.21. The molecule has 0 radical (unpaired) electrons. The van der Waals surface area contributed by atoms with Crippen molar-refractivity contribution in [2.75, 3.05) is 0 Å². The van der Waals surface area contributed by atoms with Crippen LogP contribution in [0.25, 0.3) is 5.69 Å². The van der Waals surface area contributed by atoms with Gasteiger partial charge in [0, 0.05) is 27.7 Å². The van der Waals surface area contributed by atoms with Crippen LogP contribution in [-0.2, 0) is 12.8 Å². The molecule has 2 unspecified atom stereocenters. The first kappa shape index (κ1) is 21.8. The summed E-state index contributed by atoms with van der Waals surface area (Å²) < 4.78 is 3.96. The number of pyridine rings is 1. The molecule has 2 heteroatoms. The van der Waals surface area contributed by atoms with E-state index in [1.54, 1.807) is 33.7 Å². The highest BCUT2D eigenvalue weighted by Gasteiger charge is 2.41. The van der Waals surface area contributed by atoms with Gasteiger partial charge in [0.05, 0.1) is 11.8 Å². The predicted octanol–water partition coefficient (Wildman–Crippen LogP) is 8.57. The Bertz CT molecular complexity index is 1030. The molecule has 33 heavy (non-hydrogen) atoms. The molecule has 4 aliphatic rings. The van der Waals surface area contributed by atoms with Crippen molar-refractivity contribution in [2.45, 2.75) is 102 Å². The number of hydrogen-bond donors (Lipinski definition) is 0. The third kappa shape index (κ3) is 4.18. The lowest BCUT2D eigenvalue weighted by molar-refractivity contribution is -0.617. The van der Waals surface area contributed by atoms with E-state index in [1.807, 2.05) is 0 Å². The Balaban J connectivity index is 1.60. The molecular formula is C31H37BrN+. The molecule has 172 valence electrons. The molecule has 0 saturated heterocycles. The van der Waals surface area contributed by atoms with Crippen LogP contribution in [0.4, 0.5) is 0 Å². The van der Waals surface area contributed by atoms with E-state index in [9.17, 15) is 0 Å². The van der Waals surface area contributed by atoms with Crippen molar-refractivity contribution in [3.8, 4) is 5.69 Å². The summed E-state index contributed by atoms with van der Waals surface area (Å²) in [5, 5.41) is 0. The van der Waals surface area contributed by atoms with E-state index in [0.29, 0.717) is 11.8 Å². The van der Waals surface area contributed by atoms with Gasteiger partial charge in [-0.3, -0.25) is 0 Å². The zero-order chi connectivity index (χ0) is 22.2. The minimum Gasteiger partial charge on any atom is -0.160 e. The van der Waals surface area contributed by atoms with Gasteiger partial charge >= 0.3 is 0 Å². The number of hydrogen-bond acceptors (Lipinski definition) is 0. The normalized spacial score (nSPS) is 25.0. The smallest absolute Gasteiger partial charge is 0.160 e. The maximum Gasteiger partial charge on any atom is 0.211 e. The fourth-order valence-electron chi connectivity index (χ4n) is 7.15. The highest BCUT2D eigenvalue weighted by Crippen LogP contribution is 2.44. The molecule has 0 N–H and O–H groups in total. The lowest BCUT2D eigenvalue weighted by Crippen LogP contribution is -2.47. The van der Waals surface area contributed by atoms with Crippen molar-refractivity contribution in [1.29, 1.82) is 0 Å². The van der Waals surface area contributed by atoms with Crippen LogP contribution in [0.5, 0.6) is 0 Å². The van der Waals surface area contributed by atoms with Gasteiger partial charge in [0.2, 0.25) is 5.69 Å². The second kappa shape index (κ2) is 9.53. The number of allylic oxidation sites excluding steroid dienone is 4. The van der Waals surface area contributed by atoms with Gasteiger partial charge in [-0.2, -0.15) is 4.57 Å². The minimum atomic E-state index is 0.603. The van der Waals surface area contributed by atoms with Crippen molar-refractivity contribution in [1.82, 2.24) is 0 Å². The summed E-state index contributed by atoms with van der Waals surface area (Å²) in [5.41, 5.74) is 11.4. The molecule has 1 aromatic heterocycles. The van der Waals surface area contributed by atoms with E-state index in [-0.39, 0.29) is 0 Å². The summed E-state index contributed by atoms with van der Waals surface area (Å²) in [6.07, 6.45) is 23.7. The van der Waals surface area contributed by atoms with Gasteiger partial charge in [-0.25, -0.2) is 0 Å². The Morgan fingerprint density at radius 3 is 1.67 bits per heavy atom. The molecule has 1 heterocycles. The highest BCUT2D eigenvalue weighted by molar-refractivity contribution is 9.10. The third-order valence-electron chi connectivity index (χ3n) is 8.66. The van der Waals surface area contributed by atoms with Gasteiger partial charge in [-0.1, -0.05) is 39.2 Å². The first-order valence-corrected chi connectivity index (χ1v) is 14.3.